The van der Waals surface area contributed by atoms with Crippen molar-refractivity contribution in [3.63, 3.8) is 0 Å². The van der Waals surface area contributed by atoms with Crippen LogP contribution in [0, 0.1) is 0 Å². The van der Waals surface area contributed by atoms with Gasteiger partial charge in [-0.3, -0.25) is 0 Å². The van der Waals surface area contributed by atoms with Crippen LogP contribution in [0.2, 0.25) is 0 Å². The molecule has 4 nitrogen and oxygen atoms in total. The van der Waals surface area contributed by atoms with Crippen LogP contribution in [-0.4, -0.2) is 27.1 Å². The lowest BCUT2D eigenvalue weighted by Gasteiger charge is -2.06. The molecule has 6 heteroatoms. The summed E-state index contributed by atoms with van der Waals surface area (Å²) in [6.45, 7) is 0. The summed E-state index contributed by atoms with van der Waals surface area (Å²) < 4.78 is 0. The molecule has 0 atom stereocenters. The summed E-state index contributed by atoms with van der Waals surface area (Å²) >= 11 is 3.31. The second-order valence-corrected chi connectivity index (χ2v) is 3.50. The van der Waals surface area contributed by atoms with Crippen molar-refractivity contribution >= 4 is 39.5 Å². The molecule has 0 bridgehead atoms. The van der Waals surface area contributed by atoms with Crippen molar-refractivity contribution < 1.29 is 10.0 Å². The molecule has 0 amide bonds. The zero-order chi connectivity index (χ0) is 10.1. The molecule has 0 spiro atoms. The minimum Gasteiger partial charge on any atom is -0.423 e. The third-order valence-corrected chi connectivity index (χ3v) is 2.71. The van der Waals surface area contributed by atoms with Crippen LogP contribution < -0.4 is 5.46 Å². The number of fused-ring (bicyclic) bond motifs is 1. The number of nitrogens with one attached hydrogen (secondary N) is 1. The second-order valence-electron chi connectivity index (χ2n) is 2.94. The molecule has 0 aliphatic heterocycles. The fraction of sp³-hybridized carbons (Fsp3) is 0.125. The molecule has 0 aliphatic rings. The molecule has 2 aromatic rings. The Labute approximate surface area is 89.3 Å². The van der Waals surface area contributed by atoms with E-state index in [4.69, 9.17) is 10.0 Å². The average Bonchev–Trinajstić information content (AvgIpc) is 2.63. The molecule has 0 saturated heterocycles. The zero-order valence-corrected chi connectivity index (χ0v) is 8.82. The van der Waals surface area contributed by atoms with Gasteiger partial charge in [0.15, 0.2) is 0 Å². The number of hydrogen-bond acceptors (Lipinski definition) is 3. The standard InChI is InChI=1S/C8H8BBrN2O2/c10-3-5-6(9(13)14)1-2-7-8(5)12-4-11-7/h1-2,4,13-14H,3H2,(H,11,12). The van der Waals surface area contributed by atoms with Crippen LogP contribution in [0.1, 0.15) is 5.56 Å². The maximum absolute atomic E-state index is 9.13. The fourth-order valence-electron chi connectivity index (χ4n) is 1.46. The van der Waals surface area contributed by atoms with Crippen molar-refractivity contribution in [1.29, 1.82) is 0 Å². The van der Waals surface area contributed by atoms with Gasteiger partial charge in [-0.2, -0.15) is 0 Å². The summed E-state index contributed by atoms with van der Waals surface area (Å²) in [7, 11) is -1.45. The van der Waals surface area contributed by atoms with Crippen LogP contribution in [0.3, 0.4) is 0 Å². The molecule has 3 N–H and O–H groups in total. The number of nitrogens with zero attached hydrogens (tertiary/aromatic N) is 1. The van der Waals surface area contributed by atoms with Crippen molar-refractivity contribution in [3.8, 4) is 0 Å². The molecule has 2 rings (SSSR count). The van der Waals surface area contributed by atoms with Crippen LogP contribution in [-0.2, 0) is 5.33 Å². The van der Waals surface area contributed by atoms with Gasteiger partial charge in [0.25, 0.3) is 0 Å². The van der Waals surface area contributed by atoms with Gasteiger partial charge in [-0.1, -0.05) is 22.0 Å². The van der Waals surface area contributed by atoms with Gasteiger partial charge >= 0.3 is 7.12 Å². The first-order chi connectivity index (χ1) is 6.74. The van der Waals surface area contributed by atoms with E-state index in [1.54, 1.807) is 18.5 Å². The van der Waals surface area contributed by atoms with Gasteiger partial charge in [-0.15, -0.1) is 0 Å². The highest BCUT2D eigenvalue weighted by Crippen LogP contribution is 2.15. The number of H-pyrrole nitrogens is 1. The van der Waals surface area contributed by atoms with Crippen molar-refractivity contribution in [2.45, 2.75) is 5.33 Å². The zero-order valence-electron chi connectivity index (χ0n) is 7.24. The predicted octanol–water partition coefficient (Wildman–Crippen LogP) is 0.138. The number of benzene rings is 1. The topological polar surface area (TPSA) is 69.1 Å². The fourth-order valence-corrected chi connectivity index (χ4v) is 2.05. The number of aromatic amines is 1. The van der Waals surface area contributed by atoms with E-state index >= 15 is 0 Å². The molecule has 1 heterocycles. The lowest BCUT2D eigenvalue weighted by molar-refractivity contribution is 0.425. The summed E-state index contributed by atoms with van der Waals surface area (Å²) in [6.07, 6.45) is 1.59. The van der Waals surface area contributed by atoms with Crippen LogP contribution in [0.4, 0.5) is 0 Å². The average molecular weight is 255 g/mol. The van der Waals surface area contributed by atoms with Gasteiger partial charge in [0.05, 0.1) is 17.4 Å². The number of imidazole rings is 1. The van der Waals surface area contributed by atoms with Crippen molar-refractivity contribution in [3.05, 3.63) is 24.0 Å². The van der Waals surface area contributed by atoms with E-state index in [0.717, 1.165) is 16.6 Å². The minimum atomic E-state index is -1.45. The first kappa shape index (κ1) is 9.70. The molecular weight excluding hydrogens is 247 g/mol. The van der Waals surface area contributed by atoms with Gasteiger partial charge in [-0.05, 0) is 17.1 Å². The lowest BCUT2D eigenvalue weighted by atomic mass is 9.77. The van der Waals surface area contributed by atoms with E-state index in [9.17, 15) is 0 Å². The highest BCUT2D eigenvalue weighted by atomic mass is 79.9. The molecule has 14 heavy (non-hydrogen) atoms. The molecule has 0 fully saturated rings. The maximum Gasteiger partial charge on any atom is 0.488 e. The molecular formula is C8H8BBrN2O2. The highest BCUT2D eigenvalue weighted by molar-refractivity contribution is 9.08. The molecule has 0 aliphatic carbocycles. The molecule has 0 saturated carbocycles. The molecule has 1 aromatic heterocycles. The first-order valence-electron chi connectivity index (χ1n) is 4.11. The second kappa shape index (κ2) is 3.72. The lowest BCUT2D eigenvalue weighted by Crippen LogP contribution is -2.32. The number of hydrogen-bond donors (Lipinski definition) is 3. The maximum atomic E-state index is 9.13. The molecule has 0 unspecified atom stereocenters. The smallest absolute Gasteiger partial charge is 0.423 e. The van der Waals surface area contributed by atoms with E-state index < -0.39 is 7.12 Å². The molecule has 0 radical (unpaired) electrons. The SMILES string of the molecule is OB(O)c1ccc2[nH]cnc2c1CBr. The Balaban J connectivity index is 2.72. The summed E-state index contributed by atoms with van der Waals surface area (Å²) in [5, 5.41) is 18.8. The molecule has 72 valence electrons. The van der Waals surface area contributed by atoms with Crippen LogP contribution in [0.25, 0.3) is 11.0 Å². The molecule has 1 aromatic carbocycles. The van der Waals surface area contributed by atoms with E-state index in [2.05, 4.69) is 25.9 Å². The van der Waals surface area contributed by atoms with E-state index in [1.807, 2.05) is 0 Å². The third-order valence-electron chi connectivity index (χ3n) is 2.14. The number of rotatable bonds is 2. The van der Waals surface area contributed by atoms with Crippen molar-refractivity contribution in [1.82, 2.24) is 9.97 Å². The number of aromatic nitrogens is 2. The van der Waals surface area contributed by atoms with Crippen molar-refractivity contribution in [2.24, 2.45) is 0 Å². The number of alkyl halides is 1. The normalized spacial score (nSPS) is 10.8. The van der Waals surface area contributed by atoms with E-state index in [1.165, 1.54) is 0 Å². The van der Waals surface area contributed by atoms with Crippen LogP contribution >= 0.6 is 15.9 Å². The van der Waals surface area contributed by atoms with Gasteiger partial charge in [0.1, 0.15) is 0 Å². The van der Waals surface area contributed by atoms with Gasteiger partial charge in [0, 0.05) is 5.33 Å². The summed E-state index contributed by atoms with van der Waals surface area (Å²) in [5.74, 6) is 0. The Hall–Kier alpha value is -0.845. The largest absolute Gasteiger partial charge is 0.488 e. The minimum absolute atomic E-state index is 0.487. The van der Waals surface area contributed by atoms with Crippen molar-refractivity contribution in [2.75, 3.05) is 0 Å². The predicted molar refractivity (Wildman–Crippen MR) is 58.6 cm³/mol. The first-order valence-corrected chi connectivity index (χ1v) is 5.23. The Kier molecular flexibility index (Phi) is 2.58. The van der Waals surface area contributed by atoms with Gasteiger partial charge in [0.2, 0.25) is 0 Å². The van der Waals surface area contributed by atoms with Gasteiger partial charge < -0.3 is 15.0 Å². The van der Waals surface area contributed by atoms with Gasteiger partial charge in [-0.25, -0.2) is 4.98 Å². The summed E-state index contributed by atoms with van der Waals surface area (Å²) in [5.41, 5.74) is 2.96. The Bertz CT molecular complexity index is 458. The van der Waals surface area contributed by atoms with Crippen LogP contribution in [0.5, 0.6) is 0 Å². The Morgan fingerprint density at radius 1 is 1.43 bits per heavy atom. The van der Waals surface area contributed by atoms with E-state index in [0.29, 0.717) is 10.8 Å². The summed E-state index contributed by atoms with van der Waals surface area (Å²) in [6, 6.07) is 3.46. The monoisotopic (exact) mass is 254 g/mol. The quantitative estimate of drug-likeness (QED) is 0.528. The Morgan fingerprint density at radius 3 is 2.86 bits per heavy atom. The Morgan fingerprint density at radius 2 is 2.21 bits per heavy atom. The number of halogens is 1. The third kappa shape index (κ3) is 1.45. The van der Waals surface area contributed by atoms with E-state index in [-0.39, 0.29) is 0 Å². The highest BCUT2D eigenvalue weighted by Gasteiger charge is 2.18. The van der Waals surface area contributed by atoms with Crippen LogP contribution in [0.15, 0.2) is 18.5 Å². The summed E-state index contributed by atoms with van der Waals surface area (Å²) in [4.78, 5) is 7.09.